The molecule has 0 radical (unpaired) electrons. The summed E-state index contributed by atoms with van der Waals surface area (Å²) in [7, 11) is 1.76. The van der Waals surface area contributed by atoms with Gasteiger partial charge in [0.2, 0.25) is 4.96 Å². The molecule has 0 aliphatic heterocycles. The van der Waals surface area contributed by atoms with Crippen LogP contribution in [0.2, 0.25) is 0 Å². The summed E-state index contributed by atoms with van der Waals surface area (Å²) in [5, 5.41) is 13.9. The van der Waals surface area contributed by atoms with Crippen molar-refractivity contribution in [3.05, 3.63) is 83.2 Å². The molecule has 9 heteroatoms. The van der Waals surface area contributed by atoms with Gasteiger partial charge in [0.25, 0.3) is 5.91 Å². The van der Waals surface area contributed by atoms with Gasteiger partial charge in [-0.3, -0.25) is 9.48 Å². The largest absolute Gasteiger partial charge is 0.350 e. The third kappa shape index (κ3) is 3.90. The number of nitrogens with one attached hydrogen (secondary N) is 1. The molecule has 3 aromatic heterocycles. The van der Waals surface area contributed by atoms with Crippen LogP contribution in [0.15, 0.2) is 66.0 Å². The molecule has 5 rings (SSSR count). The van der Waals surface area contributed by atoms with Gasteiger partial charge in [-0.25, -0.2) is 8.91 Å². The summed E-state index contributed by atoms with van der Waals surface area (Å²) in [6, 6.07) is 17.7. The minimum Gasteiger partial charge on any atom is -0.350 e. The Bertz CT molecular complexity index is 1400. The summed E-state index contributed by atoms with van der Waals surface area (Å²) in [5.74, 6) is -0.0353. The predicted octanol–water partition coefficient (Wildman–Crippen LogP) is 3.97. The van der Waals surface area contributed by atoms with Gasteiger partial charge in [0.05, 0.1) is 11.4 Å². The molecular formula is C23H19FN6OS. The highest BCUT2D eigenvalue weighted by Gasteiger charge is 2.15. The second-order valence-corrected chi connectivity index (χ2v) is 8.11. The normalized spacial score (nSPS) is 11.2. The van der Waals surface area contributed by atoms with Gasteiger partial charge in [-0.05, 0) is 18.2 Å². The standard InChI is InChI=1S/C23H19FN6OS/c1-29-20(13-19(27-29)15-6-3-2-4-7-15)22(31)25-11-10-18-14-32-23-26-21(28-30(18)23)16-8-5-9-17(24)12-16/h2-9,12-14H,10-11H2,1H3,(H,25,31). The first-order chi connectivity index (χ1) is 15.6. The zero-order valence-electron chi connectivity index (χ0n) is 17.2. The molecule has 0 unspecified atom stereocenters. The number of benzene rings is 2. The van der Waals surface area contributed by atoms with E-state index >= 15 is 0 Å². The number of carbonyl (C=O) groups is 1. The third-order valence-corrected chi connectivity index (χ3v) is 5.95. The number of fused-ring (bicyclic) bond motifs is 1. The van der Waals surface area contributed by atoms with Gasteiger partial charge in [0.1, 0.15) is 11.5 Å². The molecule has 0 spiro atoms. The summed E-state index contributed by atoms with van der Waals surface area (Å²) < 4.78 is 16.8. The van der Waals surface area contributed by atoms with Crippen LogP contribution in [0.4, 0.5) is 4.39 Å². The van der Waals surface area contributed by atoms with Gasteiger partial charge in [0.15, 0.2) is 5.82 Å². The number of aromatic nitrogens is 5. The first kappa shape index (κ1) is 20.1. The van der Waals surface area contributed by atoms with Crippen molar-refractivity contribution in [2.24, 2.45) is 7.05 Å². The van der Waals surface area contributed by atoms with Gasteiger partial charge in [-0.15, -0.1) is 16.4 Å². The average molecular weight is 447 g/mol. The highest BCUT2D eigenvalue weighted by atomic mass is 32.1. The summed E-state index contributed by atoms with van der Waals surface area (Å²) >= 11 is 1.46. The molecule has 2 aromatic carbocycles. The van der Waals surface area contributed by atoms with E-state index in [0.29, 0.717) is 30.0 Å². The number of aryl methyl sites for hydroxylation is 1. The van der Waals surface area contributed by atoms with Crippen LogP contribution in [0.5, 0.6) is 0 Å². The second kappa shape index (κ2) is 8.35. The molecule has 7 nitrogen and oxygen atoms in total. The Morgan fingerprint density at radius 1 is 1.06 bits per heavy atom. The maximum Gasteiger partial charge on any atom is 0.269 e. The molecule has 0 aliphatic rings. The van der Waals surface area contributed by atoms with Gasteiger partial charge in [-0.2, -0.15) is 10.1 Å². The molecule has 0 aliphatic carbocycles. The number of hydrogen-bond donors (Lipinski definition) is 1. The topological polar surface area (TPSA) is 77.1 Å². The molecule has 0 saturated carbocycles. The van der Waals surface area contributed by atoms with Crippen LogP contribution in [0.3, 0.4) is 0 Å². The Labute approximate surface area is 187 Å². The molecule has 32 heavy (non-hydrogen) atoms. The number of rotatable bonds is 6. The molecule has 160 valence electrons. The lowest BCUT2D eigenvalue weighted by atomic mass is 10.1. The van der Waals surface area contributed by atoms with Crippen LogP contribution in [-0.4, -0.2) is 36.8 Å². The van der Waals surface area contributed by atoms with E-state index in [-0.39, 0.29) is 11.7 Å². The quantitative estimate of drug-likeness (QED) is 0.428. The maximum absolute atomic E-state index is 13.5. The van der Waals surface area contributed by atoms with E-state index in [4.69, 9.17) is 0 Å². The second-order valence-electron chi connectivity index (χ2n) is 7.28. The Balaban J connectivity index is 1.27. The lowest BCUT2D eigenvalue weighted by Gasteiger charge is -2.04. The van der Waals surface area contributed by atoms with Gasteiger partial charge in [-0.1, -0.05) is 42.5 Å². The molecule has 0 fully saturated rings. The molecule has 0 saturated heterocycles. The zero-order valence-corrected chi connectivity index (χ0v) is 18.0. The molecule has 0 bridgehead atoms. The highest BCUT2D eigenvalue weighted by Crippen LogP contribution is 2.22. The summed E-state index contributed by atoms with van der Waals surface area (Å²) in [6.07, 6.45) is 0.584. The molecule has 1 N–H and O–H groups in total. The van der Waals surface area contributed by atoms with Gasteiger partial charge < -0.3 is 5.32 Å². The van der Waals surface area contributed by atoms with E-state index in [1.54, 1.807) is 34.4 Å². The average Bonchev–Trinajstić information content (AvgIpc) is 3.49. The third-order valence-electron chi connectivity index (χ3n) is 5.08. The number of halogens is 1. The van der Waals surface area contributed by atoms with Crippen LogP contribution in [-0.2, 0) is 13.5 Å². The maximum atomic E-state index is 13.5. The number of thiazole rings is 1. The Morgan fingerprint density at radius 2 is 1.88 bits per heavy atom. The fraction of sp³-hybridized carbons (Fsp3) is 0.130. The van der Waals surface area contributed by atoms with E-state index in [0.717, 1.165) is 21.9 Å². The van der Waals surface area contributed by atoms with Crippen molar-refractivity contribution < 1.29 is 9.18 Å². The molecule has 1 amide bonds. The van der Waals surface area contributed by atoms with E-state index < -0.39 is 0 Å². The molecule has 5 aromatic rings. The van der Waals surface area contributed by atoms with Crippen molar-refractivity contribution >= 4 is 22.2 Å². The minimum atomic E-state index is -0.325. The number of nitrogens with zero attached hydrogens (tertiary/aromatic N) is 5. The Hall–Kier alpha value is -3.85. The lowest BCUT2D eigenvalue weighted by molar-refractivity contribution is 0.0944. The fourth-order valence-electron chi connectivity index (χ4n) is 3.47. The molecule has 3 heterocycles. The van der Waals surface area contributed by atoms with E-state index in [1.807, 2.05) is 35.7 Å². The van der Waals surface area contributed by atoms with Crippen molar-refractivity contribution in [3.63, 3.8) is 0 Å². The van der Waals surface area contributed by atoms with Crippen molar-refractivity contribution in [3.8, 4) is 22.6 Å². The van der Waals surface area contributed by atoms with Crippen molar-refractivity contribution in [2.75, 3.05) is 6.54 Å². The fourth-order valence-corrected chi connectivity index (χ4v) is 4.33. The first-order valence-electron chi connectivity index (χ1n) is 10.1. The summed E-state index contributed by atoms with van der Waals surface area (Å²) in [4.78, 5) is 17.9. The Kier molecular flexibility index (Phi) is 5.24. The smallest absolute Gasteiger partial charge is 0.269 e. The van der Waals surface area contributed by atoms with Crippen molar-refractivity contribution in [1.29, 1.82) is 0 Å². The van der Waals surface area contributed by atoms with E-state index in [9.17, 15) is 9.18 Å². The van der Waals surface area contributed by atoms with Crippen LogP contribution in [0.25, 0.3) is 27.6 Å². The van der Waals surface area contributed by atoms with Crippen molar-refractivity contribution in [1.82, 2.24) is 29.7 Å². The Morgan fingerprint density at radius 3 is 2.69 bits per heavy atom. The minimum absolute atomic E-state index is 0.187. The number of amides is 1. The van der Waals surface area contributed by atoms with Gasteiger partial charge >= 0.3 is 0 Å². The lowest BCUT2D eigenvalue weighted by Crippen LogP contribution is -2.27. The van der Waals surface area contributed by atoms with E-state index in [1.165, 1.54) is 23.5 Å². The van der Waals surface area contributed by atoms with Crippen LogP contribution < -0.4 is 5.32 Å². The number of hydrogen-bond acceptors (Lipinski definition) is 5. The molecular weight excluding hydrogens is 427 g/mol. The monoisotopic (exact) mass is 446 g/mol. The first-order valence-corrected chi connectivity index (χ1v) is 10.9. The SMILES string of the molecule is Cn1nc(-c2ccccc2)cc1C(=O)NCCc1csc2nc(-c3cccc(F)c3)nn12. The molecule has 0 atom stereocenters. The summed E-state index contributed by atoms with van der Waals surface area (Å²) in [6.45, 7) is 0.436. The highest BCUT2D eigenvalue weighted by molar-refractivity contribution is 7.15. The van der Waals surface area contributed by atoms with E-state index in [2.05, 4.69) is 20.5 Å². The zero-order chi connectivity index (χ0) is 22.1. The van der Waals surface area contributed by atoms with Crippen LogP contribution >= 0.6 is 11.3 Å². The summed E-state index contributed by atoms with van der Waals surface area (Å²) in [5.41, 5.74) is 3.77. The van der Waals surface area contributed by atoms with Crippen LogP contribution in [0.1, 0.15) is 16.2 Å². The van der Waals surface area contributed by atoms with Crippen LogP contribution in [0, 0.1) is 5.82 Å². The predicted molar refractivity (Wildman–Crippen MR) is 121 cm³/mol. The van der Waals surface area contributed by atoms with Gasteiger partial charge in [0, 0.05) is 36.5 Å². The van der Waals surface area contributed by atoms with Crippen molar-refractivity contribution in [2.45, 2.75) is 6.42 Å². The number of carbonyl (C=O) groups excluding carboxylic acids is 1.